The van der Waals surface area contributed by atoms with Crippen LogP contribution in [0.3, 0.4) is 0 Å². The molecule has 21 aliphatic carbocycles. The molecular weight excluding hydrogens is 1510 g/mol. The number of piperidine rings is 1. The molecule has 21 saturated carbocycles. The van der Waals surface area contributed by atoms with E-state index in [-0.39, 0.29) is 27.8 Å². The van der Waals surface area contributed by atoms with E-state index in [2.05, 4.69) is 143 Å². The standard InChI is InChI=1S/C13H22.2C12H20O.C12H20.C12H24.C11H18.C9H15F3.C9H16.C9H18.C8H15NO2.C6H12O/c1-2-3-13-7-10-4-11(8-13)6-12(5-10)9-13;2*1-5-8-9-6-7-12(4,10(8)13)11(9,2)3;1-2-12-6-9-3-10(7-12)5-11(4-9)8-12;1-5-10-6-8-11(9-7-10)12(2,3)4;1-11-5-8-2-9(6-11)4-10(3-8)7-11;1-2-7-4-3-5-8(6-7)9(10,11)12;1-2-8-5-7-3-4-9(8)6-7;1-3-9-6-4-8(2)5-7-9;1-7-3-5-9(6-4-7)8(10)11-2;1-6-2-4-7-5-3-6/h10-12H,2-9H2,1H3;2*8-9H,5-7H2,1-4H3;9-11H,2-8H2,1H3;10-11H,5-9H2,1-4H3;8-10H,2-7H2,1H3;7-8H,2-6H2,1H3;7-9H,2-6H2,1H3;8-9H,3-7H2,1-2H3;7H,3-6H2,1-2H3;6H,2-5H2,1H3. The number of fused-ring (bicyclic) bond motifs is 6. The maximum Gasteiger partial charge on any atom is 0.409 e. The predicted octanol–water partition coefficient (Wildman–Crippen LogP) is 33.9. The Morgan fingerprint density at radius 1 is 0.418 bits per heavy atom. The monoisotopic (exact) mass is 1710 g/mol. The second kappa shape index (κ2) is 44.7. The highest BCUT2D eigenvalue weighted by molar-refractivity contribution is 5.92. The van der Waals surface area contributed by atoms with Crippen molar-refractivity contribution >= 4 is 17.7 Å². The minimum atomic E-state index is -3.95. The number of carbonyl (C=O) groups excluding carboxylic acids is 3. The second-order valence-electron chi connectivity index (χ2n) is 50.8. The zero-order chi connectivity index (χ0) is 89.0. The van der Waals surface area contributed by atoms with Crippen LogP contribution in [0.2, 0.25) is 0 Å². The summed E-state index contributed by atoms with van der Waals surface area (Å²) >= 11 is 0. The number of Topliss-reactive ketones (excluding diaryl/α,β-unsaturated/α-hetero) is 2. The van der Waals surface area contributed by atoms with Crippen molar-refractivity contribution in [3.8, 4) is 0 Å². The molecule has 23 aliphatic rings. The van der Waals surface area contributed by atoms with Crippen molar-refractivity contribution in [3.63, 3.8) is 0 Å². The molecule has 0 N–H and O–H groups in total. The second-order valence-corrected chi connectivity index (χ2v) is 50.8. The van der Waals surface area contributed by atoms with Gasteiger partial charge in [-0.25, -0.2) is 4.79 Å². The van der Waals surface area contributed by atoms with Gasteiger partial charge in [0.1, 0.15) is 11.6 Å². The van der Waals surface area contributed by atoms with Gasteiger partial charge in [0.05, 0.1) is 13.0 Å². The molecule has 23 fully saturated rings. The van der Waals surface area contributed by atoms with Crippen LogP contribution in [0, 0.1) is 185 Å². The highest BCUT2D eigenvalue weighted by Gasteiger charge is 2.67. The first-order chi connectivity index (χ1) is 57.7. The number of methoxy groups -OCH3 is 1. The third-order valence-corrected chi connectivity index (χ3v) is 40.7. The number of amides is 1. The van der Waals surface area contributed by atoms with Crippen LogP contribution in [0.15, 0.2) is 0 Å². The van der Waals surface area contributed by atoms with Crippen molar-refractivity contribution in [1.82, 2.24) is 4.90 Å². The highest BCUT2D eigenvalue weighted by atomic mass is 19.4. The maximum absolute atomic E-state index is 12.3. The Morgan fingerprint density at radius 3 is 1.11 bits per heavy atom. The lowest BCUT2D eigenvalue weighted by atomic mass is 9.49. The van der Waals surface area contributed by atoms with Gasteiger partial charge in [0.25, 0.3) is 0 Å². The molecule has 6 nitrogen and oxygen atoms in total. The third-order valence-electron chi connectivity index (χ3n) is 40.7. The van der Waals surface area contributed by atoms with Crippen molar-refractivity contribution in [2.45, 2.75) is 479 Å². The molecule has 1 amide bonds. The molecule has 11 unspecified atom stereocenters. The molecule has 2 heterocycles. The summed E-state index contributed by atoms with van der Waals surface area (Å²) in [6.45, 7) is 51.9. The molecule has 0 radical (unpaired) electrons. The van der Waals surface area contributed by atoms with Gasteiger partial charge in [-0.05, 0) is 388 Å². The molecule has 708 valence electrons. The fraction of sp³-hybridized carbons (Fsp3) is 0.973. The Bertz CT molecular complexity index is 2950. The van der Waals surface area contributed by atoms with Gasteiger partial charge < -0.3 is 14.4 Å². The van der Waals surface area contributed by atoms with Gasteiger partial charge in [0.15, 0.2) is 0 Å². The summed E-state index contributed by atoms with van der Waals surface area (Å²) in [7, 11) is 1.43. The van der Waals surface area contributed by atoms with Crippen LogP contribution >= 0.6 is 0 Å². The molecule has 2 saturated heterocycles. The van der Waals surface area contributed by atoms with Crippen molar-refractivity contribution in [1.29, 1.82) is 0 Å². The molecule has 23 rings (SSSR count). The number of hydrogen-bond acceptors (Lipinski definition) is 5. The number of ketones is 2. The summed E-state index contributed by atoms with van der Waals surface area (Å²) in [6, 6.07) is 0. The lowest BCUT2D eigenvalue weighted by Crippen LogP contribution is -2.45. The fourth-order valence-electron chi connectivity index (χ4n) is 33.0. The molecular formula is C113H200F3NO5. The lowest BCUT2D eigenvalue weighted by Gasteiger charge is -2.57. The zero-order valence-corrected chi connectivity index (χ0v) is 84.4. The van der Waals surface area contributed by atoms with E-state index in [1.807, 2.05) is 6.92 Å². The van der Waals surface area contributed by atoms with E-state index in [0.717, 1.165) is 207 Å². The van der Waals surface area contributed by atoms with E-state index >= 15 is 0 Å². The van der Waals surface area contributed by atoms with E-state index in [1.54, 1.807) is 146 Å². The highest BCUT2D eigenvalue weighted by Crippen LogP contribution is 2.69. The number of ether oxygens (including phenoxy) is 2. The number of nitrogens with zero attached hydrogens (tertiary/aromatic N) is 1. The van der Waals surface area contributed by atoms with E-state index in [1.165, 1.54) is 123 Å². The van der Waals surface area contributed by atoms with E-state index in [4.69, 9.17) is 4.74 Å². The van der Waals surface area contributed by atoms with Crippen LogP contribution in [-0.4, -0.2) is 62.1 Å². The molecule has 2 aliphatic heterocycles. The summed E-state index contributed by atoms with van der Waals surface area (Å²) < 4.78 is 46.5. The van der Waals surface area contributed by atoms with Crippen LogP contribution in [0.4, 0.5) is 18.0 Å². The Morgan fingerprint density at radius 2 is 0.820 bits per heavy atom. The van der Waals surface area contributed by atoms with Crippen molar-refractivity contribution in [2.24, 2.45) is 185 Å². The van der Waals surface area contributed by atoms with E-state index in [9.17, 15) is 27.6 Å². The SMILES string of the molecule is CC12CC3CC(CC(C3)C1)C2.CC1CCOCC1.CCC12CC3CC(CC(C3)C1)C2.CCC1C(=O)C2(C)CCC1C2(C)C.CCC1C(=O)C2(C)CCC1C2(C)C.CCC1CC2CCC1C2.CCC1CCC(C(C)(C)C)CC1.CCC1CCC(C)CC1.CCC1CCCC(C(F)(F)F)C1.CCCC12CC3CC(CC(C3)C1)C2.COC(=O)N1CCC(C)CC1. The minimum absolute atomic E-state index is 0.00164. The molecule has 0 aromatic heterocycles. The van der Waals surface area contributed by atoms with E-state index in [0.29, 0.717) is 59.4 Å². The van der Waals surface area contributed by atoms with Gasteiger partial charge in [0.2, 0.25) is 0 Å². The summed E-state index contributed by atoms with van der Waals surface area (Å²) in [5.41, 5.74) is 3.55. The first-order valence-corrected chi connectivity index (χ1v) is 54.2. The summed E-state index contributed by atoms with van der Waals surface area (Å²) in [5, 5.41) is 0. The van der Waals surface area contributed by atoms with Crippen LogP contribution in [0.25, 0.3) is 0 Å². The third kappa shape index (κ3) is 25.8. The van der Waals surface area contributed by atoms with Crippen LogP contribution in [0.1, 0.15) is 473 Å². The Balaban J connectivity index is 0.000000141. The zero-order valence-electron chi connectivity index (χ0n) is 84.4. The lowest BCUT2D eigenvalue weighted by molar-refractivity contribution is -0.185. The summed E-state index contributed by atoms with van der Waals surface area (Å²) in [5.74, 6) is 22.0. The van der Waals surface area contributed by atoms with E-state index < -0.39 is 12.1 Å². The molecule has 0 aromatic rings. The largest absolute Gasteiger partial charge is 0.453 e. The summed E-state index contributed by atoms with van der Waals surface area (Å²) in [4.78, 5) is 37.0. The minimum Gasteiger partial charge on any atom is -0.453 e. The quantitative estimate of drug-likeness (QED) is 0.230. The van der Waals surface area contributed by atoms with Gasteiger partial charge in [-0.1, -0.05) is 242 Å². The molecule has 0 spiro atoms. The normalized spacial score (nSPS) is 42.5. The summed E-state index contributed by atoms with van der Waals surface area (Å²) in [6.07, 6.45) is 66.3. The van der Waals surface area contributed by atoms with Gasteiger partial charge in [0, 0.05) is 49.0 Å². The number of carbonyl (C=O) groups is 3. The van der Waals surface area contributed by atoms with Gasteiger partial charge in [-0.3, -0.25) is 9.59 Å². The maximum atomic E-state index is 12.3. The first kappa shape index (κ1) is 102. The smallest absolute Gasteiger partial charge is 0.409 e. The molecule has 0 aromatic carbocycles. The molecule has 9 heteroatoms. The fourth-order valence-corrected chi connectivity index (χ4v) is 33.0. The van der Waals surface area contributed by atoms with Crippen molar-refractivity contribution in [3.05, 3.63) is 0 Å². The number of halogens is 3. The van der Waals surface area contributed by atoms with Crippen LogP contribution in [-0.2, 0) is 19.1 Å². The van der Waals surface area contributed by atoms with Crippen molar-refractivity contribution in [2.75, 3.05) is 33.4 Å². The van der Waals surface area contributed by atoms with Crippen LogP contribution in [0.5, 0.6) is 0 Å². The number of rotatable bonds is 9. The van der Waals surface area contributed by atoms with Crippen molar-refractivity contribution < 1.29 is 37.0 Å². The van der Waals surface area contributed by atoms with Gasteiger partial charge >= 0.3 is 12.3 Å². The Labute approximate surface area is 753 Å². The number of hydrogen-bond donors (Lipinski definition) is 0. The average molecular weight is 1710 g/mol. The molecule has 18 bridgehead atoms. The predicted molar refractivity (Wildman–Crippen MR) is 509 cm³/mol. The Hall–Kier alpha value is -1.64. The van der Waals surface area contributed by atoms with Crippen LogP contribution < -0.4 is 0 Å². The topological polar surface area (TPSA) is 72.9 Å². The Kier molecular flexibility index (Phi) is 37.6. The molecule has 11 atom stereocenters. The molecule has 122 heavy (non-hydrogen) atoms. The number of likely N-dealkylation sites (tertiary alicyclic amines) is 1. The van der Waals surface area contributed by atoms with Gasteiger partial charge in [-0.15, -0.1) is 0 Å². The van der Waals surface area contributed by atoms with Gasteiger partial charge in [-0.2, -0.15) is 13.2 Å². The average Bonchev–Trinajstić information content (AvgIpc) is 1.55. The first-order valence-electron chi connectivity index (χ1n) is 54.2. The number of alkyl halides is 3.